The van der Waals surface area contributed by atoms with Gasteiger partial charge in [-0.3, -0.25) is 9.59 Å². The van der Waals surface area contributed by atoms with E-state index in [1.165, 1.54) is 24.3 Å². The second-order valence-corrected chi connectivity index (χ2v) is 6.16. The van der Waals surface area contributed by atoms with Crippen LogP contribution < -0.4 is 15.4 Å². The van der Waals surface area contributed by atoms with E-state index in [9.17, 15) is 14.0 Å². The van der Waals surface area contributed by atoms with Crippen molar-refractivity contribution in [2.75, 3.05) is 17.2 Å². The Morgan fingerprint density at radius 1 is 0.929 bits per heavy atom. The lowest BCUT2D eigenvalue weighted by Gasteiger charge is -2.12. The van der Waals surface area contributed by atoms with Crippen molar-refractivity contribution in [2.45, 2.75) is 6.92 Å². The molecule has 0 aliphatic rings. The van der Waals surface area contributed by atoms with Crippen molar-refractivity contribution in [3.8, 4) is 5.75 Å². The van der Waals surface area contributed by atoms with Gasteiger partial charge in [-0.05, 0) is 61.0 Å². The van der Waals surface area contributed by atoms with E-state index in [2.05, 4.69) is 10.6 Å². The van der Waals surface area contributed by atoms with Gasteiger partial charge in [0.05, 0.1) is 11.3 Å². The zero-order chi connectivity index (χ0) is 19.9. The predicted molar refractivity (Wildman–Crippen MR) is 106 cm³/mol. The topological polar surface area (TPSA) is 67.4 Å². The maximum atomic E-state index is 12.9. The number of aryl methyl sites for hydroxylation is 1. The van der Waals surface area contributed by atoms with Crippen molar-refractivity contribution >= 4 is 23.2 Å². The van der Waals surface area contributed by atoms with Crippen molar-refractivity contribution in [1.82, 2.24) is 0 Å². The standard InChI is InChI=1S/C22H19FN2O3/c1-15-5-4-6-17(13-15)24-22(27)19-7-2-3-8-20(19)25-21(26)14-28-18-11-9-16(23)10-12-18/h2-13H,14H2,1H3,(H,24,27)(H,25,26). The summed E-state index contributed by atoms with van der Waals surface area (Å²) in [7, 11) is 0. The summed E-state index contributed by atoms with van der Waals surface area (Å²) in [6, 6.07) is 19.5. The Bertz CT molecular complexity index is 987. The van der Waals surface area contributed by atoms with Crippen LogP contribution in [0.5, 0.6) is 5.75 Å². The molecule has 2 N–H and O–H groups in total. The number of amides is 2. The second-order valence-electron chi connectivity index (χ2n) is 6.16. The van der Waals surface area contributed by atoms with Gasteiger partial charge in [-0.1, -0.05) is 24.3 Å². The minimum Gasteiger partial charge on any atom is -0.484 e. The van der Waals surface area contributed by atoms with Gasteiger partial charge in [-0.2, -0.15) is 0 Å². The number of halogens is 1. The van der Waals surface area contributed by atoms with Gasteiger partial charge in [-0.25, -0.2) is 4.39 Å². The summed E-state index contributed by atoms with van der Waals surface area (Å²) in [5, 5.41) is 5.49. The molecule has 0 atom stereocenters. The molecule has 0 saturated carbocycles. The minimum atomic E-state index is -0.430. The first-order valence-corrected chi connectivity index (χ1v) is 8.66. The van der Waals surface area contributed by atoms with Crippen LogP contribution >= 0.6 is 0 Å². The summed E-state index contributed by atoms with van der Waals surface area (Å²) < 4.78 is 18.2. The van der Waals surface area contributed by atoms with E-state index in [1.54, 1.807) is 30.3 Å². The molecule has 0 aliphatic carbocycles. The number of rotatable bonds is 6. The fraction of sp³-hybridized carbons (Fsp3) is 0.0909. The average molecular weight is 378 g/mol. The van der Waals surface area contributed by atoms with Gasteiger partial charge in [0.25, 0.3) is 11.8 Å². The zero-order valence-electron chi connectivity index (χ0n) is 15.2. The molecule has 6 heteroatoms. The zero-order valence-corrected chi connectivity index (χ0v) is 15.2. The molecule has 0 fully saturated rings. The normalized spacial score (nSPS) is 10.2. The Balaban J connectivity index is 1.65. The SMILES string of the molecule is Cc1cccc(NC(=O)c2ccccc2NC(=O)COc2ccc(F)cc2)c1. The molecule has 0 bridgehead atoms. The quantitative estimate of drug-likeness (QED) is 0.668. The third-order valence-corrected chi connectivity index (χ3v) is 3.91. The molecule has 2 amide bonds. The van der Waals surface area contributed by atoms with Crippen LogP contribution in [-0.2, 0) is 4.79 Å². The molecule has 0 unspecified atom stereocenters. The highest BCUT2D eigenvalue weighted by Crippen LogP contribution is 2.18. The van der Waals surface area contributed by atoms with Crippen molar-refractivity contribution < 1.29 is 18.7 Å². The van der Waals surface area contributed by atoms with E-state index in [0.29, 0.717) is 22.7 Å². The smallest absolute Gasteiger partial charge is 0.262 e. The number of anilines is 2. The summed E-state index contributed by atoms with van der Waals surface area (Å²) in [5.41, 5.74) is 2.41. The second kappa shape index (κ2) is 8.81. The Morgan fingerprint density at radius 2 is 1.68 bits per heavy atom. The number of carbonyl (C=O) groups excluding carboxylic acids is 2. The highest BCUT2D eigenvalue weighted by atomic mass is 19.1. The van der Waals surface area contributed by atoms with Crippen LogP contribution in [0.1, 0.15) is 15.9 Å². The van der Waals surface area contributed by atoms with Crippen LogP contribution in [0, 0.1) is 12.7 Å². The molecule has 0 aliphatic heterocycles. The first-order chi connectivity index (χ1) is 13.5. The maximum Gasteiger partial charge on any atom is 0.262 e. The highest BCUT2D eigenvalue weighted by Gasteiger charge is 2.14. The first kappa shape index (κ1) is 19.1. The van der Waals surface area contributed by atoms with Crippen LogP contribution in [0.4, 0.5) is 15.8 Å². The number of carbonyl (C=O) groups is 2. The third-order valence-electron chi connectivity index (χ3n) is 3.91. The Morgan fingerprint density at radius 3 is 2.43 bits per heavy atom. The van der Waals surface area contributed by atoms with Gasteiger partial charge in [0.2, 0.25) is 0 Å². The lowest BCUT2D eigenvalue weighted by atomic mass is 10.1. The lowest BCUT2D eigenvalue weighted by Crippen LogP contribution is -2.22. The molecule has 3 aromatic rings. The number of ether oxygens (including phenoxy) is 1. The van der Waals surface area contributed by atoms with E-state index in [1.807, 2.05) is 25.1 Å². The Labute approximate surface area is 162 Å². The van der Waals surface area contributed by atoms with Gasteiger partial charge < -0.3 is 15.4 Å². The molecule has 0 spiro atoms. The average Bonchev–Trinajstić information content (AvgIpc) is 2.68. The Hall–Kier alpha value is -3.67. The minimum absolute atomic E-state index is 0.264. The molecular weight excluding hydrogens is 359 g/mol. The molecule has 0 heterocycles. The van der Waals surface area contributed by atoms with Crippen molar-refractivity contribution in [3.05, 3.63) is 89.7 Å². The van der Waals surface area contributed by atoms with Crippen LogP contribution in [0.25, 0.3) is 0 Å². The van der Waals surface area contributed by atoms with Crippen LogP contribution in [0.15, 0.2) is 72.8 Å². The Kier molecular flexibility index (Phi) is 6.01. The summed E-state index contributed by atoms with van der Waals surface area (Å²) in [6.45, 7) is 1.67. The molecule has 0 aromatic heterocycles. The molecule has 142 valence electrons. The monoisotopic (exact) mass is 378 g/mol. The molecular formula is C22H19FN2O3. The third kappa shape index (κ3) is 5.17. The fourth-order valence-corrected chi connectivity index (χ4v) is 2.58. The van der Waals surface area contributed by atoms with E-state index < -0.39 is 5.91 Å². The molecule has 0 saturated heterocycles. The molecule has 28 heavy (non-hydrogen) atoms. The van der Waals surface area contributed by atoms with E-state index in [-0.39, 0.29) is 18.3 Å². The van der Waals surface area contributed by atoms with Gasteiger partial charge in [-0.15, -0.1) is 0 Å². The first-order valence-electron chi connectivity index (χ1n) is 8.66. The van der Waals surface area contributed by atoms with Gasteiger partial charge in [0, 0.05) is 5.69 Å². The number of hydrogen-bond acceptors (Lipinski definition) is 3. The fourth-order valence-electron chi connectivity index (χ4n) is 2.58. The number of hydrogen-bond donors (Lipinski definition) is 2. The van der Waals surface area contributed by atoms with Crippen LogP contribution in [-0.4, -0.2) is 18.4 Å². The summed E-state index contributed by atoms with van der Waals surface area (Å²) in [6.07, 6.45) is 0. The molecule has 3 aromatic carbocycles. The number of para-hydroxylation sites is 1. The summed E-state index contributed by atoms with van der Waals surface area (Å²) in [5.74, 6) is -0.770. The van der Waals surface area contributed by atoms with Crippen molar-refractivity contribution in [3.63, 3.8) is 0 Å². The van der Waals surface area contributed by atoms with Crippen molar-refractivity contribution in [1.29, 1.82) is 0 Å². The molecule has 3 rings (SSSR count). The summed E-state index contributed by atoms with van der Waals surface area (Å²) in [4.78, 5) is 24.8. The number of benzene rings is 3. The highest BCUT2D eigenvalue weighted by molar-refractivity contribution is 6.10. The van der Waals surface area contributed by atoms with E-state index in [4.69, 9.17) is 4.74 Å². The van der Waals surface area contributed by atoms with Gasteiger partial charge >= 0.3 is 0 Å². The molecule has 0 radical (unpaired) electrons. The van der Waals surface area contributed by atoms with E-state index >= 15 is 0 Å². The maximum absolute atomic E-state index is 12.9. The lowest BCUT2D eigenvalue weighted by molar-refractivity contribution is -0.118. The van der Waals surface area contributed by atoms with Crippen LogP contribution in [0.2, 0.25) is 0 Å². The number of nitrogens with one attached hydrogen (secondary N) is 2. The van der Waals surface area contributed by atoms with Gasteiger partial charge in [0.1, 0.15) is 11.6 Å². The summed E-state index contributed by atoms with van der Waals surface area (Å²) >= 11 is 0. The van der Waals surface area contributed by atoms with Crippen LogP contribution in [0.3, 0.4) is 0 Å². The molecule has 5 nitrogen and oxygen atoms in total. The van der Waals surface area contributed by atoms with Crippen molar-refractivity contribution in [2.24, 2.45) is 0 Å². The van der Waals surface area contributed by atoms with E-state index in [0.717, 1.165) is 5.56 Å². The van der Waals surface area contributed by atoms with Gasteiger partial charge in [0.15, 0.2) is 6.61 Å². The predicted octanol–water partition coefficient (Wildman–Crippen LogP) is 4.40. The largest absolute Gasteiger partial charge is 0.484 e.